The third-order valence-corrected chi connectivity index (χ3v) is 2.64. The van der Waals surface area contributed by atoms with Gasteiger partial charge in [-0.25, -0.2) is 0 Å². The maximum atomic E-state index is 10.8. The summed E-state index contributed by atoms with van der Waals surface area (Å²) in [6.07, 6.45) is 2.69. The first-order valence-electron chi connectivity index (χ1n) is 5.24. The van der Waals surface area contributed by atoms with E-state index in [1.165, 1.54) is 36.5 Å². The van der Waals surface area contributed by atoms with E-state index in [1.807, 2.05) is 0 Å². The van der Waals surface area contributed by atoms with Crippen molar-refractivity contribution < 1.29 is 14.8 Å². The number of nitro benzene ring substituents is 1. The Morgan fingerprint density at radius 1 is 1.65 bits per heavy atom. The molecule has 104 valence electrons. The number of hydrogen-bond donors (Lipinski definition) is 2. The third kappa shape index (κ3) is 2.64. The molecule has 0 amide bonds. The molecule has 0 aliphatic heterocycles. The van der Waals surface area contributed by atoms with Crippen molar-refractivity contribution in [2.24, 2.45) is 5.10 Å². The van der Waals surface area contributed by atoms with Crippen molar-refractivity contribution in [3.05, 3.63) is 38.9 Å². The Morgan fingerprint density at radius 3 is 2.95 bits per heavy atom. The predicted octanol–water partition coefficient (Wildman–Crippen LogP) is 1.45. The topological polar surface area (TPSA) is 119 Å². The van der Waals surface area contributed by atoms with Gasteiger partial charge in [0, 0.05) is 11.6 Å². The number of methoxy groups -OCH3 is 1. The van der Waals surface area contributed by atoms with Crippen LogP contribution in [0.1, 0.15) is 5.56 Å². The molecule has 2 rings (SSSR count). The maximum Gasteiger partial charge on any atom is 0.315 e. The third-order valence-electron chi connectivity index (χ3n) is 2.36. The first-order valence-corrected chi connectivity index (χ1v) is 5.65. The molecule has 1 heterocycles. The quantitative estimate of drug-likeness (QED) is 0.381. The maximum absolute atomic E-state index is 10.8. The molecular formula is C10H9N5O4S. The highest BCUT2D eigenvalue weighted by molar-refractivity contribution is 7.71. The molecule has 2 N–H and O–H groups in total. The summed E-state index contributed by atoms with van der Waals surface area (Å²) in [5, 5.41) is 30.6. The smallest absolute Gasteiger partial charge is 0.315 e. The lowest BCUT2D eigenvalue weighted by atomic mass is 10.2. The summed E-state index contributed by atoms with van der Waals surface area (Å²) in [5.41, 5.74) is -0.101. The lowest BCUT2D eigenvalue weighted by molar-refractivity contribution is -0.386. The molecule has 1 aromatic heterocycles. The van der Waals surface area contributed by atoms with Crippen LogP contribution >= 0.6 is 12.2 Å². The second-order valence-corrected chi connectivity index (χ2v) is 3.99. The van der Waals surface area contributed by atoms with Crippen molar-refractivity contribution in [2.75, 3.05) is 7.11 Å². The number of nitrogens with zero attached hydrogens (tertiary/aromatic N) is 4. The molecule has 0 unspecified atom stereocenters. The van der Waals surface area contributed by atoms with Crippen molar-refractivity contribution in [3.63, 3.8) is 0 Å². The van der Waals surface area contributed by atoms with E-state index >= 15 is 0 Å². The van der Waals surface area contributed by atoms with E-state index in [9.17, 15) is 15.2 Å². The molecule has 0 saturated carbocycles. The summed E-state index contributed by atoms with van der Waals surface area (Å²) < 4.78 is 6.43. The lowest BCUT2D eigenvalue weighted by Crippen LogP contribution is -1.95. The van der Waals surface area contributed by atoms with Crippen LogP contribution in [0.2, 0.25) is 0 Å². The van der Waals surface area contributed by atoms with Crippen molar-refractivity contribution in [1.29, 1.82) is 0 Å². The molecule has 0 aliphatic carbocycles. The number of benzene rings is 1. The van der Waals surface area contributed by atoms with Crippen LogP contribution in [0.4, 0.5) is 5.69 Å². The molecular weight excluding hydrogens is 286 g/mol. The molecule has 0 spiro atoms. The van der Waals surface area contributed by atoms with E-state index in [0.717, 1.165) is 0 Å². The zero-order valence-electron chi connectivity index (χ0n) is 10.2. The Bertz CT molecular complexity index is 735. The fourth-order valence-electron chi connectivity index (χ4n) is 1.44. The van der Waals surface area contributed by atoms with Crippen LogP contribution in [0.25, 0.3) is 0 Å². The minimum absolute atomic E-state index is 0.0172. The second kappa shape index (κ2) is 5.48. The van der Waals surface area contributed by atoms with Crippen molar-refractivity contribution >= 4 is 24.1 Å². The van der Waals surface area contributed by atoms with Gasteiger partial charge in [-0.15, -0.1) is 0 Å². The SMILES string of the molecule is COc1cc(/C=N/n2cn[nH]c2=S)cc([N+](=O)[O-])c1O. The highest BCUT2D eigenvalue weighted by Crippen LogP contribution is 2.36. The van der Waals surface area contributed by atoms with Crippen LogP contribution in [0.5, 0.6) is 11.5 Å². The van der Waals surface area contributed by atoms with E-state index in [1.54, 1.807) is 0 Å². The van der Waals surface area contributed by atoms with Crippen LogP contribution in [-0.2, 0) is 0 Å². The van der Waals surface area contributed by atoms with E-state index in [-0.39, 0.29) is 10.5 Å². The fourth-order valence-corrected chi connectivity index (χ4v) is 1.58. The van der Waals surface area contributed by atoms with Gasteiger partial charge in [-0.2, -0.15) is 14.9 Å². The summed E-state index contributed by atoms with van der Waals surface area (Å²) >= 11 is 4.90. The lowest BCUT2D eigenvalue weighted by Gasteiger charge is -2.04. The molecule has 1 aromatic carbocycles. The van der Waals surface area contributed by atoms with Gasteiger partial charge < -0.3 is 9.84 Å². The Kier molecular flexibility index (Phi) is 3.75. The highest BCUT2D eigenvalue weighted by atomic mass is 32.1. The van der Waals surface area contributed by atoms with Crippen LogP contribution in [0.3, 0.4) is 0 Å². The largest absolute Gasteiger partial charge is 0.500 e. The molecule has 0 radical (unpaired) electrons. The predicted molar refractivity (Wildman–Crippen MR) is 71.7 cm³/mol. The van der Waals surface area contributed by atoms with E-state index in [0.29, 0.717) is 5.56 Å². The van der Waals surface area contributed by atoms with Gasteiger partial charge in [-0.3, -0.25) is 15.2 Å². The number of aromatic amines is 1. The second-order valence-electron chi connectivity index (χ2n) is 3.60. The molecule has 0 aliphatic rings. The monoisotopic (exact) mass is 295 g/mol. The molecule has 0 bridgehead atoms. The van der Waals surface area contributed by atoms with Crippen molar-refractivity contribution in [3.8, 4) is 11.5 Å². The summed E-state index contributed by atoms with van der Waals surface area (Å²) in [6.45, 7) is 0. The van der Waals surface area contributed by atoms with E-state index < -0.39 is 16.4 Å². The van der Waals surface area contributed by atoms with Crippen LogP contribution in [0, 0.1) is 14.9 Å². The molecule has 9 nitrogen and oxygen atoms in total. The Hall–Kier alpha value is -2.75. The fraction of sp³-hybridized carbons (Fsp3) is 0.100. The minimum Gasteiger partial charge on any atom is -0.500 e. The number of nitrogens with one attached hydrogen (secondary N) is 1. The number of H-pyrrole nitrogens is 1. The van der Waals surface area contributed by atoms with Gasteiger partial charge in [0.1, 0.15) is 6.33 Å². The number of phenolic OH excluding ortho intramolecular Hbond substituents is 1. The molecule has 0 saturated heterocycles. The average Bonchev–Trinajstić information content (AvgIpc) is 2.82. The number of ether oxygens (including phenoxy) is 1. The zero-order valence-corrected chi connectivity index (χ0v) is 11.0. The number of hydrogen-bond acceptors (Lipinski definition) is 7. The summed E-state index contributed by atoms with van der Waals surface area (Å²) in [5.74, 6) is -0.550. The van der Waals surface area contributed by atoms with E-state index in [2.05, 4.69) is 15.3 Å². The van der Waals surface area contributed by atoms with Crippen molar-refractivity contribution in [1.82, 2.24) is 14.9 Å². The number of nitro groups is 1. The molecule has 20 heavy (non-hydrogen) atoms. The van der Waals surface area contributed by atoms with Gasteiger partial charge in [0.25, 0.3) is 0 Å². The van der Waals surface area contributed by atoms with Gasteiger partial charge >= 0.3 is 5.69 Å². The van der Waals surface area contributed by atoms with E-state index in [4.69, 9.17) is 17.0 Å². The van der Waals surface area contributed by atoms with Gasteiger partial charge in [0.2, 0.25) is 10.5 Å². The summed E-state index contributed by atoms with van der Waals surface area (Å²) in [7, 11) is 1.30. The molecule has 10 heteroatoms. The number of aromatic hydroxyl groups is 1. The molecule has 0 fully saturated rings. The van der Waals surface area contributed by atoms with Gasteiger partial charge in [-0.1, -0.05) is 0 Å². The first-order chi connectivity index (χ1) is 9.52. The number of rotatable bonds is 4. The first kappa shape index (κ1) is 13.7. The van der Waals surface area contributed by atoms with Gasteiger partial charge in [-0.05, 0) is 18.3 Å². The van der Waals surface area contributed by atoms with Gasteiger partial charge in [0.05, 0.1) is 18.2 Å². The Labute approximate surface area is 117 Å². The van der Waals surface area contributed by atoms with Crippen LogP contribution < -0.4 is 4.74 Å². The molecule has 2 aromatic rings. The van der Waals surface area contributed by atoms with Crippen LogP contribution in [-0.4, -0.2) is 38.2 Å². The Morgan fingerprint density at radius 2 is 2.40 bits per heavy atom. The highest BCUT2D eigenvalue weighted by Gasteiger charge is 2.19. The number of aromatic nitrogens is 3. The normalized spacial score (nSPS) is 10.8. The standard InChI is InChI=1S/C10H9N5O4S/c1-19-8-3-6(2-7(9(8)16)15(17)18)4-12-14-5-11-13-10(14)20/h2-5,16H,1H3,(H,13,20)/b12-4+. The summed E-state index contributed by atoms with van der Waals surface area (Å²) in [4.78, 5) is 10.1. The zero-order chi connectivity index (χ0) is 14.7. The van der Waals surface area contributed by atoms with Crippen molar-refractivity contribution in [2.45, 2.75) is 0 Å². The average molecular weight is 295 g/mol. The van der Waals surface area contributed by atoms with Gasteiger partial charge in [0.15, 0.2) is 5.75 Å². The Balaban J connectivity index is 2.45. The summed E-state index contributed by atoms with van der Waals surface area (Å²) in [6, 6.07) is 2.58. The molecule has 0 atom stereocenters. The van der Waals surface area contributed by atoms with Crippen LogP contribution in [0.15, 0.2) is 23.6 Å². The minimum atomic E-state index is -0.710. The number of phenols is 1.